The minimum atomic E-state index is 0.124. The molecule has 0 spiro atoms. The zero-order chi connectivity index (χ0) is 27.5. The number of nitrogens with zero attached hydrogens (tertiary/aromatic N) is 2. The van der Waals surface area contributed by atoms with Crippen LogP contribution < -0.4 is 4.74 Å². The summed E-state index contributed by atoms with van der Waals surface area (Å²) < 4.78 is 6.17. The summed E-state index contributed by atoms with van der Waals surface area (Å²) in [6, 6.07) is 26.0. The lowest BCUT2D eigenvalue weighted by atomic mass is 9.80. The molecule has 3 aromatic rings. The second-order valence-corrected chi connectivity index (χ2v) is 10.7. The number of allylic oxidation sites excluding steroid dienone is 1. The summed E-state index contributed by atoms with van der Waals surface area (Å²) in [7, 11) is 0. The molecule has 1 aliphatic rings. The summed E-state index contributed by atoms with van der Waals surface area (Å²) in [4.78, 5) is 13.6. The van der Waals surface area contributed by atoms with E-state index in [9.17, 15) is 10.0 Å². The van der Waals surface area contributed by atoms with Crippen LogP contribution in [0.3, 0.4) is 0 Å². The van der Waals surface area contributed by atoms with Crippen LogP contribution in [-0.2, 0) is 0 Å². The number of rotatable bonds is 14. The lowest BCUT2D eigenvalue weighted by Gasteiger charge is -2.27. The number of nitroso groups, excluding NO2 is 1. The number of hydrogen-bond donors (Lipinski definition) is 1. The van der Waals surface area contributed by atoms with Gasteiger partial charge in [-0.2, -0.15) is 0 Å². The van der Waals surface area contributed by atoms with E-state index in [1.165, 1.54) is 38.8 Å². The maximum absolute atomic E-state index is 11.0. The van der Waals surface area contributed by atoms with Crippen molar-refractivity contribution in [2.75, 3.05) is 32.8 Å². The second-order valence-electron chi connectivity index (χ2n) is 10.7. The molecule has 1 atom stereocenters. The Hall–Kier alpha value is -3.28. The van der Waals surface area contributed by atoms with Gasteiger partial charge in [0.25, 0.3) is 0 Å². The Kier molecular flexibility index (Phi) is 10.5. The van der Waals surface area contributed by atoms with E-state index in [1.54, 1.807) is 12.1 Å². The highest BCUT2D eigenvalue weighted by atomic mass is 16.5. The minimum absolute atomic E-state index is 0.124. The number of aliphatic hydroxyl groups excluding tert-OH is 1. The zero-order valence-electron chi connectivity index (χ0n) is 23.4. The van der Waals surface area contributed by atoms with E-state index in [-0.39, 0.29) is 6.61 Å². The number of ether oxygens (including phenoxy) is 1. The lowest BCUT2D eigenvalue weighted by molar-refractivity contribution is 0.200. The van der Waals surface area contributed by atoms with E-state index in [1.807, 2.05) is 42.5 Å². The molecule has 4 rings (SSSR count). The Labute approximate surface area is 233 Å². The van der Waals surface area contributed by atoms with Gasteiger partial charge in [0.1, 0.15) is 18.0 Å². The molecular weight excluding hydrogens is 484 g/mol. The first-order valence-electron chi connectivity index (χ1n) is 14.4. The van der Waals surface area contributed by atoms with Gasteiger partial charge in [0.05, 0.1) is 0 Å². The van der Waals surface area contributed by atoms with Crippen molar-refractivity contribution in [2.24, 2.45) is 10.6 Å². The van der Waals surface area contributed by atoms with Crippen molar-refractivity contribution in [1.82, 2.24) is 4.90 Å². The molecule has 0 amide bonds. The van der Waals surface area contributed by atoms with Gasteiger partial charge in [-0.1, -0.05) is 74.9 Å². The van der Waals surface area contributed by atoms with Gasteiger partial charge in [0.15, 0.2) is 0 Å². The lowest BCUT2D eigenvalue weighted by Crippen LogP contribution is -2.30. The Morgan fingerprint density at radius 2 is 1.64 bits per heavy atom. The van der Waals surface area contributed by atoms with Crippen LogP contribution in [0.4, 0.5) is 5.69 Å². The van der Waals surface area contributed by atoms with Crippen LogP contribution in [0.2, 0.25) is 0 Å². The van der Waals surface area contributed by atoms with Crippen LogP contribution in [0.25, 0.3) is 11.1 Å². The van der Waals surface area contributed by atoms with E-state index in [2.05, 4.69) is 48.2 Å². The first-order valence-corrected chi connectivity index (χ1v) is 14.4. The fourth-order valence-electron chi connectivity index (χ4n) is 5.94. The summed E-state index contributed by atoms with van der Waals surface area (Å²) in [6.45, 7) is 8.73. The average molecular weight is 527 g/mol. The summed E-state index contributed by atoms with van der Waals surface area (Å²) in [5.74, 6) is 0.865. The number of benzene rings is 3. The Morgan fingerprint density at radius 1 is 0.949 bits per heavy atom. The predicted octanol–water partition coefficient (Wildman–Crippen LogP) is 8.10. The van der Waals surface area contributed by atoms with Gasteiger partial charge in [0.2, 0.25) is 0 Å². The van der Waals surface area contributed by atoms with Crippen LogP contribution in [0.15, 0.2) is 84.0 Å². The van der Waals surface area contributed by atoms with E-state index in [4.69, 9.17) is 4.74 Å². The van der Waals surface area contributed by atoms with Gasteiger partial charge in [-0.3, -0.25) is 4.90 Å². The molecule has 206 valence electrons. The second kappa shape index (κ2) is 14.2. The third-order valence-electron chi connectivity index (χ3n) is 8.14. The van der Waals surface area contributed by atoms with Crippen molar-refractivity contribution in [3.05, 3.63) is 100 Å². The van der Waals surface area contributed by atoms with Gasteiger partial charge < -0.3 is 9.84 Å². The Morgan fingerprint density at radius 3 is 2.26 bits per heavy atom. The van der Waals surface area contributed by atoms with E-state index >= 15 is 0 Å². The van der Waals surface area contributed by atoms with Crippen molar-refractivity contribution in [1.29, 1.82) is 0 Å². The molecule has 1 N–H and O–H groups in total. The highest BCUT2D eigenvalue weighted by Crippen LogP contribution is 2.38. The molecular formula is C34H42N2O3. The van der Waals surface area contributed by atoms with Gasteiger partial charge in [-0.15, -0.1) is 4.91 Å². The molecule has 1 unspecified atom stereocenters. The summed E-state index contributed by atoms with van der Waals surface area (Å²) in [6.07, 6.45) is 6.52. The highest BCUT2D eigenvalue weighted by Gasteiger charge is 2.35. The predicted molar refractivity (Wildman–Crippen MR) is 161 cm³/mol. The Balaban J connectivity index is 1.55. The fourth-order valence-corrected chi connectivity index (χ4v) is 5.94. The largest absolute Gasteiger partial charge is 0.492 e. The molecule has 39 heavy (non-hydrogen) atoms. The molecule has 0 aromatic heterocycles. The van der Waals surface area contributed by atoms with E-state index < -0.39 is 0 Å². The first kappa shape index (κ1) is 28.7. The normalized spacial score (nSPS) is 18.1. The van der Waals surface area contributed by atoms with Crippen LogP contribution in [0.1, 0.15) is 69.1 Å². The first-order chi connectivity index (χ1) is 19.1. The van der Waals surface area contributed by atoms with Gasteiger partial charge in [0, 0.05) is 19.7 Å². The maximum atomic E-state index is 11.0. The molecule has 0 aliphatic carbocycles. The third kappa shape index (κ3) is 7.43. The summed E-state index contributed by atoms with van der Waals surface area (Å²) in [5.41, 5.74) is 6.34. The Bertz CT molecular complexity index is 1210. The monoisotopic (exact) mass is 526 g/mol. The van der Waals surface area contributed by atoms with Crippen molar-refractivity contribution in [3.63, 3.8) is 0 Å². The molecule has 0 saturated carbocycles. The number of aliphatic hydroxyl groups is 1. The van der Waals surface area contributed by atoms with Crippen LogP contribution in [-0.4, -0.2) is 42.9 Å². The summed E-state index contributed by atoms with van der Waals surface area (Å²) >= 11 is 0. The highest BCUT2D eigenvalue weighted by molar-refractivity contribution is 5.98. The third-order valence-corrected chi connectivity index (χ3v) is 8.14. The van der Waals surface area contributed by atoms with E-state index in [0.29, 0.717) is 24.1 Å². The van der Waals surface area contributed by atoms with Crippen LogP contribution in [0, 0.1) is 10.3 Å². The SMILES string of the molecule is CCCC1(CC)CCN(CCOc2ccc(/C(=C(/CCCO)c3ccccc3)c3ccc(N=O)cc3)cc2)C1. The van der Waals surface area contributed by atoms with Gasteiger partial charge in [-0.25, -0.2) is 0 Å². The molecule has 0 radical (unpaired) electrons. The molecule has 1 fully saturated rings. The smallest absolute Gasteiger partial charge is 0.119 e. The van der Waals surface area contributed by atoms with Crippen LogP contribution in [0.5, 0.6) is 5.75 Å². The molecule has 1 heterocycles. The maximum Gasteiger partial charge on any atom is 0.119 e. The fraction of sp³-hybridized carbons (Fsp3) is 0.412. The van der Waals surface area contributed by atoms with Gasteiger partial charge in [-0.05, 0) is 101 Å². The van der Waals surface area contributed by atoms with Crippen molar-refractivity contribution in [3.8, 4) is 5.75 Å². The zero-order valence-corrected chi connectivity index (χ0v) is 23.4. The number of hydrogen-bond acceptors (Lipinski definition) is 5. The summed E-state index contributed by atoms with van der Waals surface area (Å²) in [5, 5.41) is 12.7. The van der Waals surface area contributed by atoms with Crippen molar-refractivity contribution in [2.45, 2.75) is 52.4 Å². The minimum Gasteiger partial charge on any atom is -0.492 e. The molecule has 1 saturated heterocycles. The molecule has 5 nitrogen and oxygen atoms in total. The molecule has 3 aromatic carbocycles. The van der Waals surface area contributed by atoms with E-state index in [0.717, 1.165) is 46.6 Å². The average Bonchev–Trinajstić information content (AvgIpc) is 3.40. The van der Waals surface area contributed by atoms with Crippen LogP contribution >= 0.6 is 0 Å². The molecule has 0 bridgehead atoms. The number of likely N-dealkylation sites (tertiary alicyclic amines) is 1. The van der Waals surface area contributed by atoms with Crippen molar-refractivity contribution >= 4 is 16.8 Å². The standard InChI is InChI=1S/C34H42N2O3/c1-3-20-34(4-2)21-22-36(26-34)23-25-39-31-18-14-29(15-19-31)33(28-12-16-30(35-38)17-13-28)32(11-8-24-37)27-9-6-5-7-10-27/h5-7,9-10,12-19,37H,3-4,8,11,20-26H2,1-2H3/b33-32-. The van der Waals surface area contributed by atoms with Crippen molar-refractivity contribution < 1.29 is 9.84 Å². The van der Waals surface area contributed by atoms with Gasteiger partial charge >= 0.3 is 0 Å². The molecule has 5 heteroatoms. The molecule has 1 aliphatic heterocycles. The quantitative estimate of drug-likeness (QED) is 0.170. The topological polar surface area (TPSA) is 62.1 Å².